The Morgan fingerprint density at radius 3 is 2.69 bits per heavy atom. The molecule has 2 aliphatic rings. The van der Waals surface area contributed by atoms with Gasteiger partial charge >= 0.3 is 5.97 Å². The second kappa shape index (κ2) is 3.81. The third-order valence-corrected chi connectivity index (χ3v) is 3.46. The molecule has 84 valence electrons. The summed E-state index contributed by atoms with van der Waals surface area (Å²) >= 11 is 0. The van der Waals surface area contributed by atoms with Crippen molar-refractivity contribution < 1.29 is 14.3 Å². The van der Waals surface area contributed by atoms with Crippen LogP contribution in [0.15, 0.2) is 24.3 Å². The van der Waals surface area contributed by atoms with Gasteiger partial charge in [-0.3, -0.25) is 4.79 Å². The summed E-state index contributed by atoms with van der Waals surface area (Å²) in [5.74, 6) is 1.61. The summed E-state index contributed by atoms with van der Waals surface area (Å²) in [5.41, 5.74) is 1.23. The second-order valence-corrected chi connectivity index (χ2v) is 4.53. The fraction of sp³-hybridized carbons (Fsp3) is 0.462. The molecule has 1 fully saturated rings. The van der Waals surface area contributed by atoms with Gasteiger partial charge in [-0.05, 0) is 18.1 Å². The van der Waals surface area contributed by atoms with Crippen molar-refractivity contribution in [2.45, 2.75) is 12.8 Å². The van der Waals surface area contributed by atoms with Crippen LogP contribution in [0.4, 0.5) is 0 Å². The molecule has 3 rings (SSSR count). The van der Waals surface area contributed by atoms with Gasteiger partial charge < -0.3 is 9.47 Å². The van der Waals surface area contributed by atoms with Gasteiger partial charge in [-0.1, -0.05) is 18.2 Å². The van der Waals surface area contributed by atoms with Crippen molar-refractivity contribution in [1.29, 1.82) is 0 Å². The van der Waals surface area contributed by atoms with E-state index in [9.17, 15) is 4.79 Å². The molecule has 3 nitrogen and oxygen atoms in total. The van der Waals surface area contributed by atoms with Crippen molar-refractivity contribution in [2.24, 2.45) is 11.8 Å². The normalized spacial score (nSPS) is 28.1. The van der Waals surface area contributed by atoms with Crippen molar-refractivity contribution in [3.8, 4) is 5.75 Å². The van der Waals surface area contributed by atoms with Gasteiger partial charge in [-0.15, -0.1) is 0 Å². The standard InChI is InChI=1S/C13H14O3/c14-13-6-11-7-15-12-4-2-1-3-9(12)5-10(11)8-16-13/h1-4,10-11H,5-8H2/t10-,11-/m0/s1. The van der Waals surface area contributed by atoms with Crippen LogP contribution in [0.5, 0.6) is 5.75 Å². The molecule has 0 saturated carbocycles. The number of para-hydroxylation sites is 1. The van der Waals surface area contributed by atoms with Gasteiger partial charge in [0.2, 0.25) is 0 Å². The smallest absolute Gasteiger partial charge is 0.306 e. The zero-order valence-corrected chi connectivity index (χ0v) is 9.02. The van der Waals surface area contributed by atoms with Crippen LogP contribution in [0.2, 0.25) is 0 Å². The first-order valence-electron chi connectivity index (χ1n) is 5.69. The molecule has 1 aromatic rings. The summed E-state index contributed by atoms with van der Waals surface area (Å²) in [4.78, 5) is 11.2. The number of fused-ring (bicyclic) bond motifs is 2. The van der Waals surface area contributed by atoms with Gasteiger partial charge in [0.25, 0.3) is 0 Å². The Labute approximate surface area is 94.4 Å². The van der Waals surface area contributed by atoms with E-state index in [-0.39, 0.29) is 5.97 Å². The van der Waals surface area contributed by atoms with Crippen LogP contribution in [0, 0.1) is 11.8 Å². The van der Waals surface area contributed by atoms with Crippen LogP contribution in [-0.4, -0.2) is 19.2 Å². The van der Waals surface area contributed by atoms with Crippen LogP contribution in [0.1, 0.15) is 12.0 Å². The summed E-state index contributed by atoms with van der Waals surface area (Å²) in [5, 5.41) is 0. The quantitative estimate of drug-likeness (QED) is 0.623. The van der Waals surface area contributed by atoms with Crippen LogP contribution >= 0.6 is 0 Å². The Morgan fingerprint density at radius 2 is 1.75 bits per heavy atom. The zero-order chi connectivity index (χ0) is 11.0. The molecule has 0 aromatic heterocycles. The van der Waals surface area contributed by atoms with E-state index in [0.29, 0.717) is 31.5 Å². The average molecular weight is 218 g/mol. The fourth-order valence-electron chi connectivity index (χ4n) is 2.49. The van der Waals surface area contributed by atoms with Gasteiger partial charge in [0.15, 0.2) is 0 Å². The minimum Gasteiger partial charge on any atom is -0.493 e. The van der Waals surface area contributed by atoms with Gasteiger partial charge in [0.05, 0.1) is 19.6 Å². The number of hydrogen-bond donors (Lipinski definition) is 0. The van der Waals surface area contributed by atoms with E-state index >= 15 is 0 Å². The Morgan fingerprint density at radius 1 is 1.00 bits per heavy atom. The highest BCUT2D eigenvalue weighted by molar-refractivity contribution is 5.70. The zero-order valence-electron chi connectivity index (χ0n) is 9.02. The molecule has 2 heterocycles. The summed E-state index contributed by atoms with van der Waals surface area (Å²) in [6.45, 7) is 1.18. The van der Waals surface area contributed by atoms with E-state index in [1.165, 1.54) is 5.56 Å². The molecule has 0 aliphatic carbocycles. The van der Waals surface area contributed by atoms with Gasteiger partial charge in [0, 0.05) is 11.8 Å². The van der Waals surface area contributed by atoms with E-state index in [0.717, 1.165) is 12.2 Å². The van der Waals surface area contributed by atoms with Crippen LogP contribution in [-0.2, 0) is 16.0 Å². The highest BCUT2D eigenvalue weighted by Gasteiger charge is 2.33. The third kappa shape index (κ3) is 1.66. The molecule has 0 N–H and O–H groups in total. The average Bonchev–Trinajstić information content (AvgIpc) is 2.48. The topological polar surface area (TPSA) is 35.5 Å². The lowest BCUT2D eigenvalue weighted by molar-refractivity contribution is -0.153. The molecule has 0 radical (unpaired) electrons. The van der Waals surface area contributed by atoms with E-state index in [1.54, 1.807) is 0 Å². The molecule has 0 amide bonds. The predicted molar refractivity (Wildman–Crippen MR) is 58.2 cm³/mol. The maximum absolute atomic E-state index is 11.2. The Balaban J connectivity index is 1.87. The van der Waals surface area contributed by atoms with Crippen molar-refractivity contribution in [1.82, 2.24) is 0 Å². The monoisotopic (exact) mass is 218 g/mol. The van der Waals surface area contributed by atoms with Crippen molar-refractivity contribution in [2.75, 3.05) is 13.2 Å². The molecule has 16 heavy (non-hydrogen) atoms. The summed E-state index contributed by atoms with van der Waals surface area (Å²) < 4.78 is 10.9. The van der Waals surface area contributed by atoms with Crippen LogP contribution in [0.25, 0.3) is 0 Å². The van der Waals surface area contributed by atoms with Crippen molar-refractivity contribution in [3.63, 3.8) is 0 Å². The number of benzene rings is 1. The number of esters is 1. The van der Waals surface area contributed by atoms with Gasteiger partial charge in [-0.25, -0.2) is 0 Å². The lowest BCUT2D eigenvalue weighted by atomic mass is 9.85. The molecule has 1 aromatic carbocycles. The SMILES string of the molecule is O=C1C[C@H]2COc3ccccc3C[C@H]2CO1. The minimum atomic E-state index is -0.0872. The number of cyclic esters (lactones) is 1. The molecular weight excluding hydrogens is 204 g/mol. The van der Waals surface area contributed by atoms with Gasteiger partial charge in [-0.2, -0.15) is 0 Å². The number of rotatable bonds is 0. The molecule has 0 bridgehead atoms. The first-order valence-corrected chi connectivity index (χ1v) is 5.69. The lowest BCUT2D eigenvalue weighted by Crippen LogP contribution is -2.34. The lowest BCUT2D eigenvalue weighted by Gasteiger charge is -2.27. The van der Waals surface area contributed by atoms with Crippen LogP contribution in [0.3, 0.4) is 0 Å². The van der Waals surface area contributed by atoms with Crippen molar-refractivity contribution in [3.05, 3.63) is 29.8 Å². The Kier molecular flexibility index (Phi) is 2.31. The number of carbonyl (C=O) groups excluding carboxylic acids is 1. The molecule has 3 heteroatoms. The van der Waals surface area contributed by atoms with Gasteiger partial charge in [0.1, 0.15) is 5.75 Å². The minimum absolute atomic E-state index is 0.0872. The second-order valence-electron chi connectivity index (χ2n) is 4.53. The van der Waals surface area contributed by atoms with Crippen LogP contribution < -0.4 is 4.74 Å². The number of hydrogen-bond acceptors (Lipinski definition) is 3. The fourth-order valence-corrected chi connectivity index (χ4v) is 2.49. The largest absolute Gasteiger partial charge is 0.493 e. The number of carbonyl (C=O) groups is 1. The summed E-state index contributed by atoms with van der Waals surface area (Å²) in [6.07, 6.45) is 1.45. The van der Waals surface area contributed by atoms with E-state index in [1.807, 2.05) is 18.2 Å². The summed E-state index contributed by atoms with van der Waals surface area (Å²) in [6, 6.07) is 8.09. The Bertz CT molecular complexity index is 413. The molecular formula is C13H14O3. The highest BCUT2D eigenvalue weighted by Crippen LogP contribution is 2.33. The molecule has 1 saturated heterocycles. The Hall–Kier alpha value is -1.51. The molecule has 0 spiro atoms. The summed E-state index contributed by atoms with van der Waals surface area (Å²) in [7, 11) is 0. The maximum Gasteiger partial charge on any atom is 0.306 e. The van der Waals surface area contributed by atoms with E-state index in [2.05, 4.69) is 6.07 Å². The third-order valence-electron chi connectivity index (χ3n) is 3.46. The highest BCUT2D eigenvalue weighted by atomic mass is 16.5. The van der Waals surface area contributed by atoms with Crippen molar-refractivity contribution >= 4 is 5.97 Å². The van der Waals surface area contributed by atoms with E-state index < -0.39 is 0 Å². The maximum atomic E-state index is 11.2. The molecule has 2 atom stereocenters. The number of ether oxygens (including phenoxy) is 2. The predicted octanol–water partition coefficient (Wildman–Crippen LogP) is 1.80. The molecule has 2 aliphatic heterocycles. The first kappa shape index (κ1) is 9.70. The first-order chi connectivity index (χ1) is 7.83. The molecule has 0 unspecified atom stereocenters. The van der Waals surface area contributed by atoms with E-state index in [4.69, 9.17) is 9.47 Å².